The number of anilines is 1. The molecule has 0 bridgehead atoms. The summed E-state index contributed by atoms with van der Waals surface area (Å²) in [5.41, 5.74) is 11.1. The lowest BCUT2D eigenvalue weighted by atomic mass is 9.73. The summed E-state index contributed by atoms with van der Waals surface area (Å²) in [5.74, 6) is -0.0797. The maximum absolute atomic E-state index is 12.8. The summed E-state index contributed by atoms with van der Waals surface area (Å²) >= 11 is 0. The van der Waals surface area contributed by atoms with Crippen molar-refractivity contribution in [3.63, 3.8) is 0 Å². The Bertz CT molecular complexity index is 508. The molecule has 0 aromatic heterocycles. The molecular weight excluding hydrogens is 256 g/mol. The zero-order valence-corrected chi connectivity index (χ0v) is 12.2. The van der Waals surface area contributed by atoms with Gasteiger partial charge >= 0.3 is 0 Å². The molecule has 5 heteroatoms. The first-order valence-electron chi connectivity index (χ1n) is 6.66. The molecule has 0 aliphatic carbocycles. The topological polar surface area (TPSA) is 95.4 Å². The van der Waals surface area contributed by atoms with Gasteiger partial charge in [-0.05, 0) is 31.0 Å². The fourth-order valence-electron chi connectivity index (χ4n) is 2.38. The van der Waals surface area contributed by atoms with Gasteiger partial charge in [-0.3, -0.25) is 9.59 Å². The van der Waals surface area contributed by atoms with Crippen LogP contribution >= 0.6 is 0 Å². The van der Waals surface area contributed by atoms with Crippen LogP contribution in [0.5, 0.6) is 5.75 Å². The number of nitrogen functional groups attached to an aromatic ring is 1. The van der Waals surface area contributed by atoms with Gasteiger partial charge in [-0.1, -0.05) is 13.8 Å². The fourth-order valence-corrected chi connectivity index (χ4v) is 2.38. The smallest absolute Gasteiger partial charge is 0.218 e. The average Bonchev–Trinajstić information content (AvgIpc) is 2.44. The number of Topliss-reactive ketones (excluding diaryl/α,β-unsaturated/α-hetero) is 1. The number of benzene rings is 1. The Morgan fingerprint density at radius 2 is 1.85 bits per heavy atom. The molecule has 0 radical (unpaired) electrons. The Balaban J connectivity index is 3.28. The number of amides is 1. The summed E-state index contributed by atoms with van der Waals surface area (Å²) in [6.07, 6.45) is 1.08. The summed E-state index contributed by atoms with van der Waals surface area (Å²) in [5, 5.41) is 0. The zero-order chi connectivity index (χ0) is 15.3. The van der Waals surface area contributed by atoms with Crippen LogP contribution in [0.25, 0.3) is 0 Å². The van der Waals surface area contributed by atoms with Gasteiger partial charge in [0, 0.05) is 23.1 Å². The molecule has 1 aromatic rings. The zero-order valence-electron chi connectivity index (χ0n) is 12.2. The van der Waals surface area contributed by atoms with Crippen LogP contribution in [-0.2, 0) is 4.79 Å². The molecule has 0 unspecified atom stereocenters. The van der Waals surface area contributed by atoms with Gasteiger partial charge in [0.25, 0.3) is 0 Å². The van der Waals surface area contributed by atoms with E-state index in [2.05, 4.69) is 0 Å². The van der Waals surface area contributed by atoms with E-state index in [4.69, 9.17) is 16.2 Å². The van der Waals surface area contributed by atoms with Crippen molar-refractivity contribution in [3.05, 3.63) is 23.8 Å². The highest BCUT2D eigenvalue weighted by Crippen LogP contribution is 2.36. The molecule has 0 heterocycles. The van der Waals surface area contributed by atoms with Gasteiger partial charge in [0.2, 0.25) is 5.91 Å². The van der Waals surface area contributed by atoms with Gasteiger partial charge in [-0.15, -0.1) is 0 Å². The average molecular weight is 278 g/mol. The standard InChI is InChI=1S/C15H22N2O3/c1-4-15(5-2,9-13(17)18)14(19)11-8-10(20-3)6-7-12(11)16/h6-8H,4-5,9,16H2,1-3H3,(H2,17,18). The highest BCUT2D eigenvalue weighted by molar-refractivity contribution is 6.06. The van der Waals surface area contributed by atoms with Crippen LogP contribution in [0.4, 0.5) is 5.69 Å². The van der Waals surface area contributed by atoms with E-state index in [1.54, 1.807) is 18.2 Å². The van der Waals surface area contributed by atoms with Crippen molar-refractivity contribution < 1.29 is 14.3 Å². The van der Waals surface area contributed by atoms with E-state index < -0.39 is 11.3 Å². The number of hydrogen-bond donors (Lipinski definition) is 2. The van der Waals surface area contributed by atoms with Gasteiger partial charge < -0.3 is 16.2 Å². The second-order valence-electron chi connectivity index (χ2n) is 4.91. The van der Waals surface area contributed by atoms with Crippen LogP contribution in [-0.4, -0.2) is 18.8 Å². The van der Waals surface area contributed by atoms with Gasteiger partial charge in [-0.25, -0.2) is 0 Å². The van der Waals surface area contributed by atoms with Crippen LogP contribution in [0.1, 0.15) is 43.5 Å². The molecule has 0 aliphatic rings. The van der Waals surface area contributed by atoms with Crippen molar-refractivity contribution in [2.24, 2.45) is 11.1 Å². The quantitative estimate of drug-likeness (QED) is 0.590. The summed E-state index contributed by atoms with van der Waals surface area (Å²) < 4.78 is 5.12. The molecule has 1 amide bonds. The van der Waals surface area contributed by atoms with Crippen LogP contribution < -0.4 is 16.2 Å². The first-order valence-corrected chi connectivity index (χ1v) is 6.66. The first-order chi connectivity index (χ1) is 9.40. The molecule has 1 aromatic carbocycles. The summed E-state index contributed by atoms with van der Waals surface area (Å²) in [7, 11) is 1.52. The van der Waals surface area contributed by atoms with Crippen LogP contribution in [0, 0.1) is 5.41 Å². The number of rotatable bonds is 7. The van der Waals surface area contributed by atoms with Gasteiger partial charge in [-0.2, -0.15) is 0 Å². The summed E-state index contributed by atoms with van der Waals surface area (Å²) in [6, 6.07) is 4.94. The van der Waals surface area contributed by atoms with E-state index in [1.165, 1.54) is 7.11 Å². The second-order valence-corrected chi connectivity index (χ2v) is 4.91. The SMILES string of the molecule is CCC(CC)(CC(N)=O)C(=O)c1cc(OC)ccc1N. The minimum Gasteiger partial charge on any atom is -0.497 e. The van der Waals surface area contributed by atoms with Crippen molar-refractivity contribution in [3.8, 4) is 5.75 Å². The molecule has 4 N–H and O–H groups in total. The number of carbonyl (C=O) groups excluding carboxylic acids is 2. The number of hydrogen-bond acceptors (Lipinski definition) is 4. The molecular formula is C15H22N2O3. The number of nitrogens with two attached hydrogens (primary N) is 2. The first kappa shape index (κ1) is 16.0. The number of ketones is 1. The van der Waals surface area contributed by atoms with Crippen molar-refractivity contribution in [1.29, 1.82) is 0 Å². The minimum atomic E-state index is -0.799. The van der Waals surface area contributed by atoms with E-state index in [0.29, 0.717) is 29.8 Å². The van der Waals surface area contributed by atoms with E-state index in [0.717, 1.165) is 0 Å². The predicted molar refractivity (Wildman–Crippen MR) is 78.6 cm³/mol. The van der Waals surface area contributed by atoms with Crippen molar-refractivity contribution in [2.45, 2.75) is 33.1 Å². The van der Waals surface area contributed by atoms with E-state index in [-0.39, 0.29) is 12.2 Å². The van der Waals surface area contributed by atoms with Crippen molar-refractivity contribution in [2.75, 3.05) is 12.8 Å². The van der Waals surface area contributed by atoms with Crippen LogP contribution in [0.15, 0.2) is 18.2 Å². The van der Waals surface area contributed by atoms with E-state index in [9.17, 15) is 9.59 Å². The molecule has 0 atom stereocenters. The van der Waals surface area contributed by atoms with E-state index >= 15 is 0 Å². The van der Waals surface area contributed by atoms with Gasteiger partial charge in [0.1, 0.15) is 5.75 Å². The van der Waals surface area contributed by atoms with Gasteiger partial charge in [0.15, 0.2) is 5.78 Å². The fraction of sp³-hybridized carbons (Fsp3) is 0.467. The second kappa shape index (κ2) is 6.41. The van der Waals surface area contributed by atoms with Crippen molar-refractivity contribution >= 4 is 17.4 Å². The van der Waals surface area contributed by atoms with Crippen LogP contribution in [0.3, 0.4) is 0 Å². The van der Waals surface area contributed by atoms with E-state index in [1.807, 2.05) is 13.8 Å². The molecule has 0 saturated heterocycles. The predicted octanol–water partition coefficient (Wildman–Crippen LogP) is 2.14. The molecule has 0 fully saturated rings. The Labute approximate surface area is 119 Å². The lowest BCUT2D eigenvalue weighted by Gasteiger charge is -2.29. The normalized spacial score (nSPS) is 11.2. The third-order valence-electron chi connectivity index (χ3n) is 3.85. The molecule has 0 aliphatic heterocycles. The summed E-state index contributed by atoms with van der Waals surface area (Å²) in [6.45, 7) is 3.75. The molecule has 20 heavy (non-hydrogen) atoms. The summed E-state index contributed by atoms with van der Waals surface area (Å²) in [4.78, 5) is 24.1. The van der Waals surface area contributed by atoms with Crippen molar-refractivity contribution in [1.82, 2.24) is 0 Å². The Morgan fingerprint density at radius 1 is 1.25 bits per heavy atom. The highest BCUT2D eigenvalue weighted by Gasteiger charge is 2.37. The molecule has 5 nitrogen and oxygen atoms in total. The molecule has 1 rings (SSSR count). The number of primary amides is 1. The largest absolute Gasteiger partial charge is 0.497 e. The van der Waals surface area contributed by atoms with Gasteiger partial charge in [0.05, 0.1) is 7.11 Å². The number of ether oxygens (including phenoxy) is 1. The molecule has 0 saturated carbocycles. The third-order valence-corrected chi connectivity index (χ3v) is 3.85. The number of carbonyl (C=O) groups is 2. The maximum Gasteiger partial charge on any atom is 0.218 e. The Hall–Kier alpha value is -2.04. The molecule has 110 valence electrons. The lowest BCUT2D eigenvalue weighted by molar-refractivity contribution is -0.119. The van der Waals surface area contributed by atoms with Crippen LogP contribution in [0.2, 0.25) is 0 Å². The number of methoxy groups -OCH3 is 1. The Kier molecular flexibility index (Phi) is 5.13. The highest BCUT2D eigenvalue weighted by atomic mass is 16.5. The monoisotopic (exact) mass is 278 g/mol. The Morgan fingerprint density at radius 3 is 2.30 bits per heavy atom. The minimum absolute atomic E-state index is 0.0233. The third kappa shape index (κ3) is 3.10. The lowest BCUT2D eigenvalue weighted by Crippen LogP contribution is -2.35. The molecule has 0 spiro atoms. The maximum atomic E-state index is 12.8.